The van der Waals surface area contributed by atoms with Gasteiger partial charge in [0.15, 0.2) is 5.78 Å². The molecule has 0 aliphatic carbocycles. The summed E-state index contributed by atoms with van der Waals surface area (Å²) < 4.78 is 10.7. The predicted octanol–water partition coefficient (Wildman–Crippen LogP) is 6.33. The number of ether oxygens (including phenoxy) is 2. The Balaban J connectivity index is 1.38. The lowest BCUT2D eigenvalue weighted by molar-refractivity contribution is 0.0600. The van der Waals surface area contributed by atoms with Gasteiger partial charge in [0.25, 0.3) is 0 Å². The van der Waals surface area contributed by atoms with Gasteiger partial charge in [-0.25, -0.2) is 4.79 Å². The maximum atomic E-state index is 12.8. The van der Waals surface area contributed by atoms with Gasteiger partial charge in [-0.15, -0.1) is 0 Å². The van der Waals surface area contributed by atoms with E-state index < -0.39 is 0 Å². The lowest BCUT2D eigenvalue weighted by Crippen LogP contribution is -2.23. The monoisotopic (exact) mass is 469 g/mol. The predicted molar refractivity (Wildman–Crippen MR) is 139 cm³/mol. The molecule has 0 unspecified atom stereocenters. The molecule has 0 spiro atoms. The van der Waals surface area contributed by atoms with Crippen LogP contribution in [0, 0.1) is 0 Å². The van der Waals surface area contributed by atoms with E-state index in [0.29, 0.717) is 23.5 Å². The number of carbonyl (C=O) groups is 2. The van der Waals surface area contributed by atoms with Crippen molar-refractivity contribution in [3.63, 3.8) is 0 Å². The topological polar surface area (TPSA) is 55.8 Å². The smallest absolute Gasteiger partial charge is 0.337 e. The van der Waals surface area contributed by atoms with E-state index in [1.807, 2.05) is 48.5 Å². The van der Waals surface area contributed by atoms with Crippen LogP contribution in [0.2, 0.25) is 0 Å². The van der Waals surface area contributed by atoms with Gasteiger partial charge in [-0.2, -0.15) is 0 Å². The van der Waals surface area contributed by atoms with Crippen LogP contribution < -0.4 is 9.64 Å². The zero-order valence-corrected chi connectivity index (χ0v) is 20.1. The molecule has 0 bridgehead atoms. The molecule has 3 aromatic carbocycles. The van der Waals surface area contributed by atoms with Gasteiger partial charge >= 0.3 is 5.97 Å². The van der Waals surface area contributed by atoms with Crippen molar-refractivity contribution in [2.75, 3.05) is 25.1 Å². The fourth-order valence-corrected chi connectivity index (χ4v) is 4.19. The van der Waals surface area contributed by atoms with Crippen LogP contribution in [0.1, 0.15) is 57.5 Å². The molecule has 5 nitrogen and oxygen atoms in total. The average molecular weight is 470 g/mol. The summed E-state index contributed by atoms with van der Waals surface area (Å²) in [4.78, 5) is 26.8. The molecule has 0 N–H and O–H groups in total. The van der Waals surface area contributed by atoms with Crippen LogP contribution in [0.25, 0.3) is 6.08 Å². The number of allylic oxidation sites excluding steroid dienone is 1. The number of hydrogen-bond acceptors (Lipinski definition) is 5. The second kappa shape index (κ2) is 12.0. The van der Waals surface area contributed by atoms with E-state index in [9.17, 15) is 9.59 Å². The van der Waals surface area contributed by atoms with Gasteiger partial charge in [0, 0.05) is 29.9 Å². The molecule has 35 heavy (non-hydrogen) atoms. The van der Waals surface area contributed by atoms with Gasteiger partial charge in [-0.1, -0.05) is 43.2 Å². The number of benzene rings is 3. The maximum Gasteiger partial charge on any atom is 0.337 e. The van der Waals surface area contributed by atoms with Gasteiger partial charge < -0.3 is 14.4 Å². The molecule has 0 radical (unpaired) electrons. The molecule has 1 aliphatic heterocycles. The van der Waals surface area contributed by atoms with Crippen molar-refractivity contribution >= 4 is 23.5 Å². The molecule has 3 aromatic rings. The highest BCUT2D eigenvalue weighted by molar-refractivity contribution is 6.07. The van der Waals surface area contributed by atoms with Crippen molar-refractivity contribution in [3.8, 4) is 5.75 Å². The molecule has 1 saturated heterocycles. The zero-order valence-electron chi connectivity index (χ0n) is 20.1. The van der Waals surface area contributed by atoms with Crippen molar-refractivity contribution in [2.45, 2.75) is 32.3 Å². The minimum atomic E-state index is -0.366. The Morgan fingerprint density at radius 1 is 0.829 bits per heavy atom. The summed E-state index contributed by atoms with van der Waals surface area (Å²) in [6.45, 7) is 2.51. The summed E-state index contributed by atoms with van der Waals surface area (Å²) in [7, 11) is 1.36. The first-order valence-electron chi connectivity index (χ1n) is 12.1. The highest BCUT2D eigenvalue weighted by atomic mass is 16.5. The first kappa shape index (κ1) is 24.3. The summed E-state index contributed by atoms with van der Waals surface area (Å²) in [5, 5.41) is 0. The highest BCUT2D eigenvalue weighted by Crippen LogP contribution is 2.23. The van der Waals surface area contributed by atoms with Crippen LogP contribution in [0.15, 0.2) is 78.9 Å². The number of methoxy groups -OCH3 is 1. The van der Waals surface area contributed by atoms with Crippen LogP contribution in [0.4, 0.5) is 5.69 Å². The van der Waals surface area contributed by atoms with Gasteiger partial charge in [0.05, 0.1) is 12.7 Å². The first-order chi connectivity index (χ1) is 17.1. The molecule has 1 fully saturated rings. The lowest BCUT2D eigenvalue weighted by Gasteiger charge is -2.22. The van der Waals surface area contributed by atoms with Crippen molar-refractivity contribution in [1.29, 1.82) is 0 Å². The standard InChI is InChI=1S/C30H31NO4/c1-34-30(33)26-12-10-23(11-13-26)22-35-29-9-5-4-8-25(29)16-19-28(32)24-14-17-27(18-15-24)31-20-6-2-3-7-21-31/h4-5,8-19H,2-3,6-7,20-22H2,1H3/b19-16+. The van der Waals surface area contributed by atoms with E-state index in [2.05, 4.69) is 17.0 Å². The number of ketones is 1. The van der Waals surface area contributed by atoms with Crippen LogP contribution in [0.5, 0.6) is 5.75 Å². The fraction of sp³-hybridized carbons (Fsp3) is 0.267. The van der Waals surface area contributed by atoms with Crippen molar-refractivity contribution in [2.24, 2.45) is 0 Å². The van der Waals surface area contributed by atoms with Crippen molar-refractivity contribution < 1.29 is 19.1 Å². The van der Waals surface area contributed by atoms with E-state index in [4.69, 9.17) is 9.47 Å². The fourth-order valence-electron chi connectivity index (χ4n) is 4.19. The molecular formula is C30H31NO4. The molecule has 0 saturated carbocycles. The SMILES string of the molecule is COC(=O)c1ccc(COc2ccccc2/C=C/C(=O)c2ccc(N3CCCCCC3)cc2)cc1. The number of hydrogen-bond donors (Lipinski definition) is 0. The average Bonchev–Trinajstić information content (AvgIpc) is 3.21. The lowest BCUT2D eigenvalue weighted by atomic mass is 10.1. The third-order valence-corrected chi connectivity index (χ3v) is 6.23. The van der Waals surface area contributed by atoms with Gasteiger partial charge in [-0.05, 0) is 73.0 Å². The summed E-state index contributed by atoms with van der Waals surface area (Å²) in [6.07, 6.45) is 8.43. The third kappa shape index (κ3) is 6.60. The second-order valence-electron chi connectivity index (χ2n) is 8.66. The Bertz CT molecular complexity index is 1160. The van der Waals surface area contributed by atoms with E-state index in [0.717, 1.165) is 24.2 Å². The molecule has 5 heteroatoms. The Morgan fingerprint density at radius 3 is 2.17 bits per heavy atom. The van der Waals surface area contributed by atoms with Gasteiger partial charge in [-0.3, -0.25) is 4.79 Å². The van der Waals surface area contributed by atoms with Crippen molar-refractivity contribution in [1.82, 2.24) is 0 Å². The highest BCUT2D eigenvalue weighted by Gasteiger charge is 2.11. The van der Waals surface area contributed by atoms with Crippen LogP contribution in [-0.4, -0.2) is 32.0 Å². The van der Waals surface area contributed by atoms with E-state index >= 15 is 0 Å². The number of rotatable bonds is 8. The summed E-state index contributed by atoms with van der Waals surface area (Å²) in [5.74, 6) is 0.278. The van der Waals surface area contributed by atoms with E-state index in [1.165, 1.54) is 38.5 Å². The van der Waals surface area contributed by atoms with Crippen LogP contribution >= 0.6 is 0 Å². The zero-order chi connectivity index (χ0) is 24.5. The normalized spacial score (nSPS) is 13.9. The molecular weight excluding hydrogens is 438 g/mol. The minimum absolute atomic E-state index is 0.0411. The van der Waals surface area contributed by atoms with Crippen LogP contribution in [-0.2, 0) is 11.3 Å². The van der Waals surface area contributed by atoms with E-state index in [1.54, 1.807) is 24.3 Å². The number of nitrogens with zero attached hydrogens (tertiary/aromatic N) is 1. The molecule has 180 valence electrons. The summed E-state index contributed by atoms with van der Waals surface area (Å²) in [5.41, 5.74) is 4.11. The molecule has 4 rings (SSSR count). The quantitative estimate of drug-likeness (QED) is 0.219. The van der Waals surface area contributed by atoms with Gasteiger partial charge in [0.1, 0.15) is 12.4 Å². The molecule has 1 heterocycles. The Morgan fingerprint density at radius 2 is 1.49 bits per heavy atom. The maximum absolute atomic E-state index is 12.8. The largest absolute Gasteiger partial charge is 0.488 e. The number of para-hydroxylation sites is 1. The third-order valence-electron chi connectivity index (χ3n) is 6.23. The van der Waals surface area contributed by atoms with Gasteiger partial charge in [0.2, 0.25) is 0 Å². The Labute approximate surface area is 207 Å². The number of esters is 1. The molecule has 0 amide bonds. The summed E-state index contributed by atoms with van der Waals surface area (Å²) >= 11 is 0. The number of carbonyl (C=O) groups excluding carboxylic acids is 2. The molecule has 0 atom stereocenters. The molecule has 1 aliphatic rings. The second-order valence-corrected chi connectivity index (χ2v) is 8.66. The Kier molecular flexibility index (Phi) is 8.34. The first-order valence-corrected chi connectivity index (χ1v) is 12.1. The van der Waals surface area contributed by atoms with E-state index in [-0.39, 0.29) is 11.8 Å². The Hall–Kier alpha value is -3.86. The minimum Gasteiger partial charge on any atom is -0.488 e. The van der Waals surface area contributed by atoms with Crippen molar-refractivity contribution in [3.05, 3.63) is 101 Å². The molecule has 0 aromatic heterocycles. The van der Waals surface area contributed by atoms with Crippen LogP contribution in [0.3, 0.4) is 0 Å². The summed E-state index contributed by atoms with van der Waals surface area (Å²) in [6, 6.07) is 22.6. The number of anilines is 1.